The van der Waals surface area contributed by atoms with Gasteiger partial charge >= 0.3 is 0 Å². The Balaban J connectivity index is 2.21. The average molecular weight is 198 g/mol. The van der Waals surface area contributed by atoms with Crippen LogP contribution in [0.3, 0.4) is 0 Å². The van der Waals surface area contributed by atoms with Gasteiger partial charge in [-0.05, 0) is 35.7 Å². The maximum Gasteiger partial charge on any atom is 0.0249 e. The molecule has 0 saturated carbocycles. The Labute approximate surface area is 84.2 Å². The van der Waals surface area contributed by atoms with E-state index in [-0.39, 0.29) is 5.54 Å². The number of rotatable bonds is 5. The van der Waals surface area contributed by atoms with E-state index in [0.717, 1.165) is 19.5 Å². The van der Waals surface area contributed by atoms with Gasteiger partial charge in [-0.3, -0.25) is 0 Å². The minimum atomic E-state index is -0.0734. The summed E-state index contributed by atoms with van der Waals surface area (Å²) >= 11 is 1.73. The first-order valence-corrected chi connectivity index (χ1v) is 5.59. The Kier molecular flexibility index (Phi) is 3.90. The zero-order valence-electron chi connectivity index (χ0n) is 8.34. The molecule has 1 aromatic rings. The normalized spacial score (nSPS) is 15.6. The van der Waals surface area contributed by atoms with Crippen molar-refractivity contribution in [1.82, 2.24) is 5.32 Å². The Hall–Kier alpha value is -0.380. The molecule has 74 valence electrons. The van der Waals surface area contributed by atoms with Crippen molar-refractivity contribution in [1.29, 1.82) is 0 Å². The molecule has 1 unspecified atom stereocenters. The first kappa shape index (κ1) is 10.7. The molecule has 3 N–H and O–H groups in total. The van der Waals surface area contributed by atoms with E-state index in [2.05, 4.69) is 36.0 Å². The van der Waals surface area contributed by atoms with E-state index >= 15 is 0 Å². The van der Waals surface area contributed by atoms with Crippen LogP contribution in [0.1, 0.15) is 25.8 Å². The molecule has 1 atom stereocenters. The molecule has 0 aliphatic carbocycles. The predicted octanol–water partition coefficient (Wildman–Crippen LogP) is 1.97. The van der Waals surface area contributed by atoms with Crippen LogP contribution in [0.2, 0.25) is 0 Å². The van der Waals surface area contributed by atoms with Crippen molar-refractivity contribution in [2.45, 2.75) is 32.4 Å². The fourth-order valence-electron chi connectivity index (χ4n) is 1.01. The lowest BCUT2D eigenvalue weighted by Crippen LogP contribution is -2.45. The van der Waals surface area contributed by atoms with Crippen LogP contribution in [0.5, 0.6) is 0 Å². The lowest BCUT2D eigenvalue weighted by Gasteiger charge is -2.22. The van der Waals surface area contributed by atoms with Crippen LogP contribution >= 0.6 is 11.3 Å². The van der Waals surface area contributed by atoms with Gasteiger partial charge in [0.15, 0.2) is 0 Å². The van der Waals surface area contributed by atoms with Gasteiger partial charge in [-0.1, -0.05) is 6.92 Å². The lowest BCUT2D eigenvalue weighted by molar-refractivity contribution is 0.416. The molecular formula is C10H18N2S. The molecule has 1 heterocycles. The van der Waals surface area contributed by atoms with Gasteiger partial charge in [-0.15, -0.1) is 0 Å². The summed E-state index contributed by atoms with van der Waals surface area (Å²) in [6.07, 6.45) is 1.00. The van der Waals surface area contributed by atoms with Crippen LogP contribution < -0.4 is 11.1 Å². The Morgan fingerprint density at radius 2 is 2.38 bits per heavy atom. The van der Waals surface area contributed by atoms with Gasteiger partial charge in [0, 0.05) is 18.6 Å². The fourth-order valence-corrected chi connectivity index (χ4v) is 1.68. The number of hydrogen-bond acceptors (Lipinski definition) is 3. The molecule has 0 aliphatic rings. The van der Waals surface area contributed by atoms with Crippen LogP contribution in [-0.2, 0) is 6.54 Å². The highest BCUT2D eigenvalue weighted by Gasteiger charge is 2.13. The van der Waals surface area contributed by atoms with Gasteiger partial charge in [0.25, 0.3) is 0 Å². The molecule has 1 aromatic heterocycles. The number of nitrogens with two attached hydrogens (primary N) is 1. The topological polar surface area (TPSA) is 38.0 Å². The van der Waals surface area contributed by atoms with Crippen molar-refractivity contribution in [2.75, 3.05) is 6.54 Å². The summed E-state index contributed by atoms with van der Waals surface area (Å²) in [5.41, 5.74) is 7.27. The SMILES string of the molecule is CCC(C)(N)CNCc1ccsc1. The van der Waals surface area contributed by atoms with Crippen molar-refractivity contribution < 1.29 is 0 Å². The van der Waals surface area contributed by atoms with Gasteiger partial charge < -0.3 is 11.1 Å². The largest absolute Gasteiger partial charge is 0.324 e. The monoisotopic (exact) mass is 198 g/mol. The number of nitrogens with one attached hydrogen (secondary N) is 1. The molecule has 0 radical (unpaired) electrons. The Bertz CT molecular complexity index is 229. The van der Waals surface area contributed by atoms with E-state index in [1.165, 1.54) is 5.56 Å². The van der Waals surface area contributed by atoms with Crippen LogP contribution in [0.4, 0.5) is 0 Å². The molecule has 3 heteroatoms. The van der Waals surface area contributed by atoms with Crippen molar-refractivity contribution in [2.24, 2.45) is 5.73 Å². The highest BCUT2D eigenvalue weighted by atomic mass is 32.1. The van der Waals surface area contributed by atoms with Crippen LogP contribution in [0, 0.1) is 0 Å². The quantitative estimate of drug-likeness (QED) is 0.759. The predicted molar refractivity (Wildman–Crippen MR) is 58.9 cm³/mol. The third-order valence-electron chi connectivity index (χ3n) is 2.25. The van der Waals surface area contributed by atoms with E-state index in [1.54, 1.807) is 11.3 Å². The molecule has 0 saturated heterocycles. The zero-order chi connectivity index (χ0) is 9.73. The molecule has 0 aromatic carbocycles. The van der Waals surface area contributed by atoms with Crippen LogP contribution in [0.25, 0.3) is 0 Å². The molecule has 0 fully saturated rings. The first-order chi connectivity index (χ1) is 6.14. The highest BCUT2D eigenvalue weighted by molar-refractivity contribution is 7.07. The molecule has 13 heavy (non-hydrogen) atoms. The first-order valence-electron chi connectivity index (χ1n) is 4.65. The van der Waals surface area contributed by atoms with Gasteiger partial charge in [0.1, 0.15) is 0 Å². The second-order valence-corrected chi connectivity index (χ2v) is 4.52. The van der Waals surface area contributed by atoms with Gasteiger partial charge in [0.05, 0.1) is 0 Å². The van der Waals surface area contributed by atoms with Crippen LogP contribution in [0.15, 0.2) is 16.8 Å². The van der Waals surface area contributed by atoms with Crippen molar-refractivity contribution in [3.05, 3.63) is 22.4 Å². The standard InChI is InChI=1S/C10H18N2S/c1-3-10(2,11)8-12-6-9-4-5-13-7-9/h4-5,7,12H,3,6,8,11H2,1-2H3. The van der Waals surface area contributed by atoms with Gasteiger partial charge in [-0.25, -0.2) is 0 Å². The number of thiophene rings is 1. The Morgan fingerprint density at radius 3 is 2.92 bits per heavy atom. The lowest BCUT2D eigenvalue weighted by atomic mass is 10.0. The van der Waals surface area contributed by atoms with E-state index < -0.39 is 0 Å². The summed E-state index contributed by atoms with van der Waals surface area (Å²) in [4.78, 5) is 0. The maximum absolute atomic E-state index is 6.00. The smallest absolute Gasteiger partial charge is 0.0249 e. The summed E-state index contributed by atoms with van der Waals surface area (Å²) in [6.45, 7) is 6.00. The molecule has 2 nitrogen and oxygen atoms in total. The summed E-state index contributed by atoms with van der Waals surface area (Å²) in [6, 6.07) is 2.14. The van der Waals surface area contributed by atoms with E-state index in [1.807, 2.05) is 0 Å². The minimum absolute atomic E-state index is 0.0734. The summed E-state index contributed by atoms with van der Waals surface area (Å²) in [5, 5.41) is 7.62. The summed E-state index contributed by atoms with van der Waals surface area (Å²) in [7, 11) is 0. The van der Waals surface area contributed by atoms with Crippen molar-refractivity contribution >= 4 is 11.3 Å². The Morgan fingerprint density at radius 1 is 1.62 bits per heavy atom. The second-order valence-electron chi connectivity index (χ2n) is 3.74. The molecule has 0 bridgehead atoms. The third kappa shape index (κ3) is 3.89. The maximum atomic E-state index is 6.00. The highest BCUT2D eigenvalue weighted by Crippen LogP contribution is 2.06. The van der Waals surface area contributed by atoms with Crippen molar-refractivity contribution in [3.63, 3.8) is 0 Å². The molecule has 0 aliphatic heterocycles. The van der Waals surface area contributed by atoms with Gasteiger partial charge in [-0.2, -0.15) is 11.3 Å². The third-order valence-corrected chi connectivity index (χ3v) is 2.98. The van der Waals surface area contributed by atoms with Crippen molar-refractivity contribution in [3.8, 4) is 0 Å². The average Bonchev–Trinajstić information content (AvgIpc) is 2.57. The summed E-state index contributed by atoms with van der Waals surface area (Å²) in [5.74, 6) is 0. The molecule has 1 rings (SSSR count). The van der Waals surface area contributed by atoms with Gasteiger partial charge in [0.2, 0.25) is 0 Å². The second kappa shape index (κ2) is 4.74. The molecule has 0 amide bonds. The molecule has 0 spiro atoms. The van der Waals surface area contributed by atoms with E-state index in [9.17, 15) is 0 Å². The molecular weight excluding hydrogens is 180 g/mol. The van der Waals surface area contributed by atoms with E-state index in [0.29, 0.717) is 0 Å². The van der Waals surface area contributed by atoms with Crippen LogP contribution in [-0.4, -0.2) is 12.1 Å². The minimum Gasteiger partial charge on any atom is -0.324 e. The zero-order valence-corrected chi connectivity index (χ0v) is 9.16. The van der Waals surface area contributed by atoms with E-state index in [4.69, 9.17) is 5.73 Å². The summed E-state index contributed by atoms with van der Waals surface area (Å²) < 4.78 is 0. The number of hydrogen-bond donors (Lipinski definition) is 2. The fraction of sp³-hybridized carbons (Fsp3) is 0.600.